The van der Waals surface area contributed by atoms with Crippen LogP contribution in [0.2, 0.25) is 0 Å². The Balaban J connectivity index is 1.85. The molecule has 1 aliphatic heterocycles. The Morgan fingerprint density at radius 3 is 3.00 bits per heavy atom. The molecular weight excluding hydrogens is 224 g/mol. The predicted octanol–water partition coefficient (Wildman–Crippen LogP) is 1.42. The van der Waals surface area contributed by atoms with E-state index in [-0.39, 0.29) is 0 Å². The molecule has 3 heterocycles. The topological polar surface area (TPSA) is 46.6 Å². The van der Waals surface area contributed by atoms with Crippen LogP contribution in [0.3, 0.4) is 0 Å². The summed E-state index contributed by atoms with van der Waals surface area (Å²) in [6, 6.07) is 4.48. The number of aromatic nitrogens is 2. The van der Waals surface area contributed by atoms with Crippen LogP contribution in [-0.4, -0.2) is 33.4 Å². The molecule has 4 nitrogen and oxygen atoms in total. The molecule has 2 unspecified atom stereocenters. The number of rotatable bonds is 2. The number of nitrogens with zero attached hydrogens (tertiary/aromatic N) is 3. The van der Waals surface area contributed by atoms with Gasteiger partial charge < -0.3 is 10.1 Å². The van der Waals surface area contributed by atoms with Gasteiger partial charge in [-0.1, -0.05) is 13.0 Å². The molecule has 18 heavy (non-hydrogen) atoms. The highest BCUT2D eigenvalue weighted by Gasteiger charge is 2.26. The Morgan fingerprint density at radius 1 is 1.44 bits per heavy atom. The number of hydrogen-bond acceptors (Lipinski definition) is 3. The molecule has 2 atom stereocenters. The second-order valence-corrected chi connectivity index (χ2v) is 5.47. The lowest BCUT2D eigenvalue weighted by molar-refractivity contribution is 0.314. The summed E-state index contributed by atoms with van der Waals surface area (Å²) in [5.41, 5.74) is 9.59. The van der Waals surface area contributed by atoms with E-state index in [9.17, 15) is 0 Å². The van der Waals surface area contributed by atoms with Crippen LogP contribution in [0.5, 0.6) is 0 Å². The molecule has 0 spiro atoms. The number of fused-ring (bicyclic) bond motifs is 1. The van der Waals surface area contributed by atoms with Crippen molar-refractivity contribution in [2.24, 2.45) is 11.7 Å². The van der Waals surface area contributed by atoms with Crippen LogP contribution in [0.15, 0.2) is 24.5 Å². The quantitative estimate of drug-likeness (QED) is 0.869. The SMILES string of the molecule is Cc1cccn2c(CN3CC(C)C(N)C3)cnc12. The molecule has 0 aliphatic carbocycles. The Labute approximate surface area is 107 Å². The van der Waals surface area contributed by atoms with Crippen LogP contribution in [0, 0.1) is 12.8 Å². The Hall–Kier alpha value is -1.39. The molecule has 3 rings (SSSR count). The van der Waals surface area contributed by atoms with E-state index < -0.39 is 0 Å². The molecule has 1 aliphatic rings. The predicted molar refractivity (Wildman–Crippen MR) is 72.3 cm³/mol. The summed E-state index contributed by atoms with van der Waals surface area (Å²) in [5.74, 6) is 0.589. The van der Waals surface area contributed by atoms with Crippen LogP contribution in [0.25, 0.3) is 5.65 Å². The minimum absolute atomic E-state index is 0.311. The number of pyridine rings is 1. The maximum atomic E-state index is 6.07. The summed E-state index contributed by atoms with van der Waals surface area (Å²) in [6.45, 7) is 7.33. The molecule has 1 fully saturated rings. The van der Waals surface area contributed by atoms with Gasteiger partial charge in [-0.2, -0.15) is 0 Å². The normalized spacial score (nSPS) is 25.1. The van der Waals surface area contributed by atoms with E-state index >= 15 is 0 Å². The van der Waals surface area contributed by atoms with Gasteiger partial charge in [0.15, 0.2) is 0 Å². The smallest absolute Gasteiger partial charge is 0.139 e. The minimum Gasteiger partial charge on any atom is -0.326 e. The van der Waals surface area contributed by atoms with Crippen molar-refractivity contribution in [2.45, 2.75) is 26.4 Å². The van der Waals surface area contributed by atoms with Gasteiger partial charge in [0.05, 0.1) is 11.9 Å². The molecule has 2 N–H and O–H groups in total. The Bertz CT molecular complexity index is 550. The van der Waals surface area contributed by atoms with Crippen molar-refractivity contribution in [3.8, 4) is 0 Å². The van der Waals surface area contributed by atoms with Crippen LogP contribution < -0.4 is 5.73 Å². The maximum Gasteiger partial charge on any atom is 0.139 e. The summed E-state index contributed by atoms with van der Waals surface area (Å²) in [6.07, 6.45) is 4.07. The van der Waals surface area contributed by atoms with Crippen molar-refractivity contribution in [1.82, 2.24) is 14.3 Å². The van der Waals surface area contributed by atoms with E-state index in [1.165, 1.54) is 11.3 Å². The third-order valence-corrected chi connectivity index (χ3v) is 3.94. The molecule has 1 saturated heterocycles. The van der Waals surface area contributed by atoms with E-state index in [1.54, 1.807) is 0 Å². The molecule has 0 aromatic carbocycles. The van der Waals surface area contributed by atoms with Gasteiger partial charge in [-0.15, -0.1) is 0 Å². The first kappa shape index (κ1) is 11.7. The second kappa shape index (κ2) is 4.37. The van der Waals surface area contributed by atoms with E-state index in [0.29, 0.717) is 12.0 Å². The van der Waals surface area contributed by atoms with Crippen LogP contribution in [0.1, 0.15) is 18.2 Å². The number of imidazole rings is 1. The molecule has 0 saturated carbocycles. The average molecular weight is 244 g/mol. The first-order chi connectivity index (χ1) is 8.65. The van der Waals surface area contributed by atoms with Crippen molar-refractivity contribution >= 4 is 5.65 Å². The van der Waals surface area contributed by atoms with E-state index in [0.717, 1.165) is 25.3 Å². The zero-order chi connectivity index (χ0) is 12.7. The van der Waals surface area contributed by atoms with Crippen molar-refractivity contribution in [3.63, 3.8) is 0 Å². The number of aryl methyl sites for hydroxylation is 1. The van der Waals surface area contributed by atoms with Gasteiger partial charge in [0, 0.05) is 31.9 Å². The van der Waals surface area contributed by atoms with Crippen molar-refractivity contribution in [1.29, 1.82) is 0 Å². The van der Waals surface area contributed by atoms with Gasteiger partial charge in [0.2, 0.25) is 0 Å². The summed E-state index contributed by atoms with van der Waals surface area (Å²) in [4.78, 5) is 6.92. The van der Waals surface area contributed by atoms with Gasteiger partial charge in [-0.05, 0) is 24.5 Å². The highest BCUT2D eigenvalue weighted by atomic mass is 15.2. The molecule has 0 radical (unpaired) electrons. The van der Waals surface area contributed by atoms with E-state index in [2.05, 4.69) is 46.5 Å². The zero-order valence-corrected chi connectivity index (χ0v) is 11.0. The van der Waals surface area contributed by atoms with Gasteiger partial charge in [-0.3, -0.25) is 4.90 Å². The lowest BCUT2D eigenvalue weighted by Crippen LogP contribution is -2.28. The van der Waals surface area contributed by atoms with Crippen LogP contribution in [0.4, 0.5) is 0 Å². The molecule has 2 aromatic heterocycles. The summed E-state index contributed by atoms with van der Waals surface area (Å²) in [7, 11) is 0. The van der Waals surface area contributed by atoms with Crippen molar-refractivity contribution < 1.29 is 0 Å². The van der Waals surface area contributed by atoms with Gasteiger partial charge in [0.25, 0.3) is 0 Å². The average Bonchev–Trinajstić information content (AvgIpc) is 2.86. The Kier molecular flexibility index (Phi) is 2.84. The van der Waals surface area contributed by atoms with Gasteiger partial charge >= 0.3 is 0 Å². The van der Waals surface area contributed by atoms with Gasteiger partial charge in [-0.25, -0.2) is 4.98 Å². The highest BCUT2D eigenvalue weighted by molar-refractivity contribution is 5.48. The number of nitrogens with two attached hydrogens (primary N) is 1. The molecule has 96 valence electrons. The standard InChI is InChI=1S/C14H20N4/c1-10-4-3-5-18-12(6-16-14(10)18)8-17-7-11(2)13(15)9-17/h3-6,11,13H,7-9,15H2,1-2H3. The van der Waals surface area contributed by atoms with E-state index in [1.807, 2.05) is 6.20 Å². The molecular formula is C14H20N4. The first-order valence-corrected chi connectivity index (χ1v) is 6.54. The fraction of sp³-hybridized carbons (Fsp3) is 0.500. The largest absolute Gasteiger partial charge is 0.326 e. The fourth-order valence-electron chi connectivity index (χ4n) is 2.77. The molecule has 2 aromatic rings. The molecule has 4 heteroatoms. The Morgan fingerprint density at radius 2 is 2.28 bits per heavy atom. The maximum absolute atomic E-state index is 6.07. The molecule has 0 bridgehead atoms. The zero-order valence-electron chi connectivity index (χ0n) is 11.0. The third kappa shape index (κ3) is 1.91. The summed E-state index contributed by atoms with van der Waals surface area (Å²) in [5, 5.41) is 0. The molecule has 0 amide bonds. The van der Waals surface area contributed by atoms with Crippen LogP contribution >= 0.6 is 0 Å². The lowest BCUT2D eigenvalue weighted by Gasteiger charge is -2.14. The minimum atomic E-state index is 0.311. The van der Waals surface area contributed by atoms with Crippen LogP contribution in [-0.2, 0) is 6.54 Å². The lowest BCUT2D eigenvalue weighted by atomic mass is 10.1. The fourth-order valence-corrected chi connectivity index (χ4v) is 2.77. The monoisotopic (exact) mass is 244 g/mol. The van der Waals surface area contributed by atoms with E-state index in [4.69, 9.17) is 5.73 Å². The summed E-state index contributed by atoms with van der Waals surface area (Å²) >= 11 is 0. The highest BCUT2D eigenvalue weighted by Crippen LogP contribution is 2.18. The van der Waals surface area contributed by atoms with Crippen molar-refractivity contribution in [3.05, 3.63) is 35.8 Å². The first-order valence-electron chi connectivity index (χ1n) is 6.54. The number of hydrogen-bond donors (Lipinski definition) is 1. The number of likely N-dealkylation sites (tertiary alicyclic amines) is 1. The second-order valence-electron chi connectivity index (χ2n) is 5.47. The third-order valence-electron chi connectivity index (χ3n) is 3.94. The van der Waals surface area contributed by atoms with Gasteiger partial charge in [0.1, 0.15) is 5.65 Å². The summed E-state index contributed by atoms with van der Waals surface area (Å²) < 4.78 is 2.18. The van der Waals surface area contributed by atoms with Crippen molar-refractivity contribution in [2.75, 3.05) is 13.1 Å².